The lowest BCUT2D eigenvalue weighted by Crippen LogP contribution is -1.82. The van der Waals surface area contributed by atoms with E-state index in [1.165, 1.54) is 23.4 Å². The number of nitrogens with zero attached hydrogens (tertiary/aromatic N) is 2. The largest absolute Gasteiger partial charge is 0.240 e. The van der Waals surface area contributed by atoms with Crippen molar-refractivity contribution in [1.82, 2.24) is 4.98 Å². The van der Waals surface area contributed by atoms with Crippen LogP contribution in [0.3, 0.4) is 0 Å². The van der Waals surface area contributed by atoms with Crippen molar-refractivity contribution in [2.45, 2.75) is 25.7 Å². The van der Waals surface area contributed by atoms with Gasteiger partial charge in [-0.15, -0.1) is 22.7 Å². The molecule has 3 rings (SSSR count). The van der Waals surface area contributed by atoms with E-state index in [1.54, 1.807) is 22.7 Å². The Hall–Kier alpha value is -1.44. The van der Waals surface area contributed by atoms with E-state index < -0.39 is 0 Å². The second-order valence-electron chi connectivity index (χ2n) is 4.47. The van der Waals surface area contributed by atoms with Crippen LogP contribution in [-0.2, 0) is 0 Å². The molecule has 0 aromatic carbocycles. The molecule has 2 nitrogen and oxygen atoms in total. The van der Waals surface area contributed by atoms with Crippen molar-refractivity contribution >= 4 is 34.3 Å². The zero-order valence-corrected chi connectivity index (χ0v) is 11.6. The quantitative estimate of drug-likeness (QED) is 0.774. The summed E-state index contributed by atoms with van der Waals surface area (Å²) in [6, 6.07) is 6.39. The maximum absolute atomic E-state index is 9.26. The lowest BCUT2D eigenvalue weighted by atomic mass is 10.2. The van der Waals surface area contributed by atoms with Gasteiger partial charge in [0.25, 0.3) is 0 Å². The number of aryl methyl sites for hydroxylation is 1. The Balaban J connectivity index is 1.91. The summed E-state index contributed by atoms with van der Waals surface area (Å²) in [7, 11) is 0. The molecule has 0 bridgehead atoms. The summed E-state index contributed by atoms with van der Waals surface area (Å²) in [5.41, 5.74) is 1.84. The standard InChI is InChI=1S/C14H12N2S2/c1-9-2-5-12(18-9)6-11(7-15)14-16-13(8-17-14)10-3-4-10/h2,5-6,8,10H,3-4H2,1H3. The first-order valence-electron chi connectivity index (χ1n) is 5.90. The molecule has 1 saturated carbocycles. The Morgan fingerprint density at radius 2 is 2.33 bits per heavy atom. The summed E-state index contributed by atoms with van der Waals surface area (Å²) in [5.74, 6) is 0.652. The molecule has 0 aliphatic heterocycles. The monoisotopic (exact) mass is 272 g/mol. The van der Waals surface area contributed by atoms with E-state index in [9.17, 15) is 5.26 Å². The normalized spacial score (nSPS) is 15.7. The van der Waals surface area contributed by atoms with E-state index in [-0.39, 0.29) is 0 Å². The molecule has 1 aliphatic carbocycles. The molecule has 0 N–H and O–H groups in total. The molecule has 1 fully saturated rings. The molecule has 2 aromatic heterocycles. The lowest BCUT2D eigenvalue weighted by molar-refractivity contribution is 1.05. The number of hydrogen-bond acceptors (Lipinski definition) is 4. The van der Waals surface area contributed by atoms with E-state index in [0.717, 1.165) is 9.88 Å². The predicted octanol–water partition coefficient (Wildman–Crippen LogP) is 4.45. The first kappa shape index (κ1) is 11.6. The van der Waals surface area contributed by atoms with Gasteiger partial charge in [0.15, 0.2) is 0 Å². The molecule has 0 amide bonds. The fourth-order valence-electron chi connectivity index (χ4n) is 1.79. The first-order chi connectivity index (χ1) is 8.76. The highest BCUT2D eigenvalue weighted by molar-refractivity contribution is 7.13. The van der Waals surface area contributed by atoms with Gasteiger partial charge in [-0.3, -0.25) is 0 Å². The van der Waals surface area contributed by atoms with Crippen LogP contribution in [0.25, 0.3) is 11.6 Å². The van der Waals surface area contributed by atoms with Crippen LogP contribution < -0.4 is 0 Å². The van der Waals surface area contributed by atoms with Crippen molar-refractivity contribution in [3.8, 4) is 6.07 Å². The van der Waals surface area contributed by atoms with Gasteiger partial charge in [-0.05, 0) is 38.0 Å². The molecular formula is C14H12N2S2. The summed E-state index contributed by atoms with van der Waals surface area (Å²) < 4.78 is 0. The second kappa shape index (κ2) is 4.68. The van der Waals surface area contributed by atoms with E-state index in [2.05, 4.69) is 29.4 Å². The van der Waals surface area contributed by atoms with E-state index in [1.807, 2.05) is 12.1 Å². The zero-order valence-electron chi connectivity index (χ0n) is 10.0. The first-order valence-corrected chi connectivity index (χ1v) is 7.60. The van der Waals surface area contributed by atoms with Crippen LogP contribution in [0.4, 0.5) is 0 Å². The van der Waals surface area contributed by atoms with Crippen molar-refractivity contribution in [2.75, 3.05) is 0 Å². The summed E-state index contributed by atoms with van der Waals surface area (Å²) in [6.07, 6.45) is 4.44. The average molecular weight is 272 g/mol. The van der Waals surface area contributed by atoms with Crippen LogP contribution in [-0.4, -0.2) is 4.98 Å². The van der Waals surface area contributed by atoms with Gasteiger partial charge in [-0.1, -0.05) is 0 Å². The summed E-state index contributed by atoms with van der Waals surface area (Å²) in [6.45, 7) is 2.07. The molecule has 0 unspecified atom stereocenters. The van der Waals surface area contributed by atoms with Crippen molar-refractivity contribution in [1.29, 1.82) is 5.26 Å². The molecule has 0 saturated heterocycles. The molecular weight excluding hydrogens is 260 g/mol. The van der Waals surface area contributed by atoms with Crippen molar-refractivity contribution in [2.24, 2.45) is 0 Å². The van der Waals surface area contributed by atoms with Crippen molar-refractivity contribution in [3.05, 3.63) is 38.0 Å². The summed E-state index contributed by atoms with van der Waals surface area (Å²) in [5, 5.41) is 12.2. The van der Waals surface area contributed by atoms with Crippen molar-refractivity contribution < 1.29 is 0 Å². The molecule has 18 heavy (non-hydrogen) atoms. The molecule has 0 spiro atoms. The highest BCUT2D eigenvalue weighted by Gasteiger charge is 2.26. The molecule has 1 aliphatic rings. The van der Waals surface area contributed by atoms with Gasteiger partial charge < -0.3 is 0 Å². The number of thiophene rings is 1. The zero-order chi connectivity index (χ0) is 12.5. The highest BCUT2D eigenvalue weighted by atomic mass is 32.1. The molecule has 0 atom stereocenters. The molecule has 2 aromatic rings. The Kier molecular flexibility index (Phi) is 3.02. The van der Waals surface area contributed by atoms with Crippen molar-refractivity contribution in [3.63, 3.8) is 0 Å². The number of aromatic nitrogens is 1. The Labute approximate surface area is 114 Å². The van der Waals surface area contributed by atoms with Crippen LogP contribution in [0, 0.1) is 18.3 Å². The average Bonchev–Trinajstić information content (AvgIpc) is 2.96. The molecule has 0 radical (unpaired) electrons. The highest BCUT2D eigenvalue weighted by Crippen LogP contribution is 2.41. The van der Waals surface area contributed by atoms with Gasteiger partial charge in [0.05, 0.1) is 11.3 Å². The maximum Gasteiger partial charge on any atom is 0.134 e. The SMILES string of the molecule is Cc1ccc(C=C(C#N)c2nc(C3CC3)cs2)s1. The maximum atomic E-state index is 9.26. The number of rotatable bonds is 3. The fraction of sp³-hybridized carbons (Fsp3) is 0.286. The summed E-state index contributed by atoms with van der Waals surface area (Å²) >= 11 is 3.28. The van der Waals surface area contributed by atoms with Crippen LogP contribution in [0.1, 0.15) is 39.2 Å². The van der Waals surface area contributed by atoms with Gasteiger partial charge in [-0.2, -0.15) is 5.26 Å². The number of hydrogen-bond donors (Lipinski definition) is 0. The van der Waals surface area contributed by atoms with Crippen LogP contribution in [0.2, 0.25) is 0 Å². The third-order valence-electron chi connectivity index (χ3n) is 2.92. The van der Waals surface area contributed by atoms with E-state index in [0.29, 0.717) is 11.5 Å². The summed E-state index contributed by atoms with van der Waals surface area (Å²) in [4.78, 5) is 6.96. The van der Waals surface area contributed by atoms with Gasteiger partial charge in [0, 0.05) is 21.1 Å². The van der Waals surface area contributed by atoms with Gasteiger partial charge >= 0.3 is 0 Å². The molecule has 4 heteroatoms. The third kappa shape index (κ3) is 2.38. The molecule has 90 valence electrons. The van der Waals surface area contributed by atoms with Gasteiger partial charge in [0.2, 0.25) is 0 Å². The minimum absolute atomic E-state index is 0.652. The Morgan fingerprint density at radius 3 is 2.94 bits per heavy atom. The number of nitriles is 1. The third-order valence-corrected chi connectivity index (χ3v) is 4.76. The van der Waals surface area contributed by atoms with Crippen LogP contribution in [0.5, 0.6) is 0 Å². The van der Waals surface area contributed by atoms with Gasteiger partial charge in [-0.25, -0.2) is 4.98 Å². The lowest BCUT2D eigenvalue weighted by Gasteiger charge is -1.92. The van der Waals surface area contributed by atoms with Gasteiger partial charge in [0.1, 0.15) is 11.1 Å². The second-order valence-corrected chi connectivity index (χ2v) is 6.65. The predicted molar refractivity (Wildman–Crippen MR) is 76.6 cm³/mol. The van der Waals surface area contributed by atoms with Crippen LogP contribution >= 0.6 is 22.7 Å². The minimum Gasteiger partial charge on any atom is -0.240 e. The Bertz CT molecular complexity index is 639. The minimum atomic E-state index is 0.652. The topological polar surface area (TPSA) is 36.7 Å². The number of thiazole rings is 1. The fourth-order valence-corrected chi connectivity index (χ4v) is 3.48. The van der Waals surface area contributed by atoms with E-state index >= 15 is 0 Å². The smallest absolute Gasteiger partial charge is 0.134 e. The number of allylic oxidation sites excluding steroid dienone is 1. The molecule has 2 heterocycles. The van der Waals surface area contributed by atoms with Crippen LogP contribution in [0.15, 0.2) is 17.5 Å². The van der Waals surface area contributed by atoms with E-state index in [4.69, 9.17) is 0 Å². The Morgan fingerprint density at radius 1 is 1.50 bits per heavy atom.